The molecule has 0 bridgehead atoms. The van der Waals surface area contributed by atoms with Crippen LogP contribution in [0.25, 0.3) is 5.69 Å². The van der Waals surface area contributed by atoms with Gasteiger partial charge < -0.3 is 0 Å². The Morgan fingerprint density at radius 2 is 2.17 bits per heavy atom. The molecule has 0 atom stereocenters. The smallest absolute Gasteiger partial charge is 0.221 e. The van der Waals surface area contributed by atoms with E-state index in [1.165, 1.54) is 24.0 Å². The van der Waals surface area contributed by atoms with E-state index in [9.17, 15) is 8.42 Å². The second kappa shape index (κ2) is 4.60. The lowest BCUT2D eigenvalue weighted by Crippen LogP contribution is -2.21. The van der Waals surface area contributed by atoms with Crippen molar-refractivity contribution in [2.45, 2.75) is 5.03 Å². The van der Waals surface area contributed by atoms with Gasteiger partial charge in [-0.05, 0) is 31.3 Å². The maximum absolute atomic E-state index is 11.8. The van der Waals surface area contributed by atoms with Crippen LogP contribution in [0, 0.1) is 11.3 Å². The number of benzene rings is 1. The fraction of sp³-hybridized carbons (Fsp3) is 0.0909. The van der Waals surface area contributed by atoms with E-state index >= 15 is 0 Å². The van der Waals surface area contributed by atoms with Gasteiger partial charge in [-0.2, -0.15) is 10.4 Å². The molecule has 0 aliphatic heterocycles. The molecule has 0 aliphatic rings. The van der Waals surface area contributed by atoms with Crippen LogP contribution in [0.1, 0.15) is 5.56 Å². The fourth-order valence-corrected chi connectivity index (χ4v) is 2.33. The number of nitriles is 1. The highest BCUT2D eigenvalue weighted by molar-refractivity contribution is 7.89. The van der Waals surface area contributed by atoms with E-state index in [1.807, 2.05) is 6.07 Å². The van der Waals surface area contributed by atoms with Gasteiger partial charge in [0, 0.05) is 0 Å². The van der Waals surface area contributed by atoms with Crippen LogP contribution in [0.15, 0.2) is 41.6 Å². The summed E-state index contributed by atoms with van der Waals surface area (Å²) in [6.07, 6.45) is 1.39. The highest BCUT2D eigenvalue weighted by atomic mass is 32.2. The molecule has 1 aromatic heterocycles. The van der Waals surface area contributed by atoms with Crippen LogP contribution in [0.5, 0.6) is 0 Å². The minimum Gasteiger partial charge on any atom is -0.221 e. The Morgan fingerprint density at radius 1 is 1.39 bits per heavy atom. The number of sulfonamides is 1. The molecule has 0 spiro atoms. The van der Waals surface area contributed by atoms with Gasteiger partial charge in [-0.1, -0.05) is 6.07 Å². The number of rotatable bonds is 3. The number of hydrogen-bond donors (Lipinski definition) is 1. The Balaban J connectivity index is 2.60. The molecule has 1 heterocycles. The number of hydrogen-bond acceptors (Lipinski definition) is 4. The van der Waals surface area contributed by atoms with E-state index in [1.54, 1.807) is 24.3 Å². The second-order valence-corrected chi connectivity index (χ2v) is 5.28. The molecule has 0 amide bonds. The van der Waals surface area contributed by atoms with Crippen molar-refractivity contribution in [2.24, 2.45) is 0 Å². The highest BCUT2D eigenvalue weighted by Gasteiger charge is 2.18. The van der Waals surface area contributed by atoms with Gasteiger partial charge in [-0.15, -0.1) is 0 Å². The Labute approximate surface area is 105 Å². The summed E-state index contributed by atoms with van der Waals surface area (Å²) in [6.45, 7) is 0. The van der Waals surface area contributed by atoms with Crippen LogP contribution in [-0.2, 0) is 10.0 Å². The van der Waals surface area contributed by atoms with Crippen LogP contribution in [-0.4, -0.2) is 25.2 Å². The quantitative estimate of drug-likeness (QED) is 0.879. The van der Waals surface area contributed by atoms with Gasteiger partial charge in [-0.25, -0.2) is 17.8 Å². The minimum atomic E-state index is -3.59. The summed E-state index contributed by atoms with van der Waals surface area (Å²) in [5, 5.41) is 12.8. The molecule has 7 heteroatoms. The summed E-state index contributed by atoms with van der Waals surface area (Å²) in [4.78, 5) is 0. The predicted molar refractivity (Wildman–Crippen MR) is 64.5 cm³/mol. The van der Waals surface area contributed by atoms with Gasteiger partial charge in [0.05, 0.1) is 23.5 Å². The van der Waals surface area contributed by atoms with Gasteiger partial charge in [-0.3, -0.25) is 0 Å². The second-order valence-electron chi connectivity index (χ2n) is 3.45. The monoisotopic (exact) mass is 262 g/mol. The average Bonchev–Trinajstić information content (AvgIpc) is 2.89. The predicted octanol–water partition coefficient (Wildman–Crippen LogP) is 0.652. The topological polar surface area (TPSA) is 87.8 Å². The van der Waals surface area contributed by atoms with E-state index in [0.717, 1.165) is 0 Å². The van der Waals surface area contributed by atoms with Crippen molar-refractivity contribution < 1.29 is 8.42 Å². The molecular weight excluding hydrogens is 252 g/mol. The fourth-order valence-electron chi connectivity index (χ4n) is 1.50. The Bertz CT molecular complexity index is 713. The van der Waals surface area contributed by atoms with Gasteiger partial charge in [0.15, 0.2) is 5.03 Å². The molecule has 0 radical (unpaired) electrons. The maximum atomic E-state index is 11.8. The third kappa shape index (κ3) is 2.11. The molecule has 1 aromatic carbocycles. The molecular formula is C11H10N4O2S. The van der Waals surface area contributed by atoms with Gasteiger partial charge in [0.1, 0.15) is 0 Å². The highest BCUT2D eigenvalue weighted by Crippen LogP contribution is 2.15. The lowest BCUT2D eigenvalue weighted by molar-refractivity contribution is 0.578. The van der Waals surface area contributed by atoms with E-state index in [4.69, 9.17) is 5.26 Å². The van der Waals surface area contributed by atoms with Crippen molar-refractivity contribution in [2.75, 3.05) is 7.05 Å². The van der Waals surface area contributed by atoms with E-state index in [-0.39, 0.29) is 5.03 Å². The molecule has 92 valence electrons. The number of aromatic nitrogens is 2. The first kappa shape index (κ1) is 12.3. The Morgan fingerprint density at radius 3 is 2.83 bits per heavy atom. The van der Waals surface area contributed by atoms with Crippen LogP contribution >= 0.6 is 0 Å². The van der Waals surface area contributed by atoms with Crippen molar-refractivity contribution in [1.82, 2.24) is 14.5 Å². The molecule has 2 rings (SSSR count). The zero-order chi connectivity index (χ0) is 13.2. The molecule has 0 saturated carbocycles. The lowest BCUT2D eigenvalue weighted by Gasteiger charge is -2.07. The van der Waals surface area contributed by atoms with Crippen LogP contribution in [0.2, 0.25) is 0 Å². The average molecular weight is 262 g/mol. The minimum absolute atomic E-state index is 0.0279. The third-order valence-electron chi connectivity index (χ3n) is 2.37. The molecule has 0 saturated heterocycles. The van der Waals surface area contributed by atoms with Gasteiger partial charge >= 0.3 is 0 Å². The molecule has 6 nitrogen and oxygen atoms in total. The summed E-state index contributed by atoms with van der Waals surface area (Å²) >= 11 is 0. The molecule has 1 N–H and O–H groups in total. The van der Waals surface area contributed by atoms with Crippen molar-refractivity contribution in [3.05, 3.63) is 42.1 Å². The van der Waals surface area contributed by atoms with Crippen LogP contribution in [0.3, 0.4) is 0 Å². The lowest BCUT2D eigenvalue weighted by atomic mass is 10.2. The molecule has 18 heavy (non-hydrogen) atoms. The first-order valence-corrected chi connectivity index (χ1v) is 6.55. The standard InChI is InChI=1S/C11H10N4O2S/c1-13-18(16,17)11-5-6-14-15(11)10-4-2-3-9(7-10)8-12/h2-7,13H,1H3. The third-order valence-corrected chi connectivity index (χ3v) is 3.77. The molecule has 2 aromatic rings. The normalized spacial score (nSPS) is 11.1. The zero-order valence-electron chi connectivity index (χ0n) is 9.53. The molecule has 0 unspecified atom stereocenters. The van der Waals surface area contributed by atoms with Gasteiger partial charge in [0.25, 0.3) is 10.0 Å². The van der Waals surface area contributed by atoms with Crippen LogP contribution < -0.4 is 4.72 Å². The van der Waals surface area contributed by atoms with Crippen molar-refractivity contribution in [3.63, 3.8) is 0 Å². The first-order valence-electron chi connectivity index (χ1n) is 5.06. The largest absolute Gasteiger partial charge is 0.257 e. The first-order chi connectivity index (χ1) is 8.58. The molecule has 0 fully saturated rings. The summed E-state index contributed by atoms with van der Waals surface area (Å²) in [6, 6.07) is 9.95. The Kier molecular flexibility index (Phi) is 3.14. The van der Waals surface area contributed by atoms with E-state index in [0.29, 0.717) is 11.3 Å². The van der Waals surface area contributed by atoms with E-state index in [2.05, 4.69) is 9.82 Å². The summed E-state index contributed by atoms with van der Waals surface area (Å²) in [5.74, 6) is 0. The maximum Gasteiger partial charge on any atom is 0.257 e. The van der Waals surface area contributed by atoms with Gasteiger partial charge in [0.2, 0.25) is 0 Å². The number of nitrogens with one attached hydrogen (secondary N) is 1. The number of nitrogens with zero attached hydrogens (tertiary/aromatic N) is 3. The Hall–Kier alpha value is -2.17. The summed E-state index contributed by atoms with van der Waals surface area (Å²) < 4.78 is 27.0. The zero-order valence-corrected chi connectivity index (χ0v) is 10.3. The summed E-state index contributed by atoms with van der Waals surface area (Å²) in [7, 11) is -2.25. The van der Waals surface area contributed by atoms with Crippen molar-refractivity contribution in [1.29, 1.82) is 5.26 Å². The van der Waals surface area contributed by atoms with Crippen molar-refractivity contribution >= 4 is 10.0 Å². The van der Waals surface area contributed by atoms with E-state index < -0.39 is 10.0 Å². The van der Waals surface area contributed by atoms with Crippen molar-refractivity contribution in [3.8, 4) is 11.8 Å². The SMILES string of the molecule is CNS(=O)(=O)c1ccnn1-c1cccc(C#N)c1. The van der Waals surface area contributed by atoms with Crippen LogP contribution in [0.4, 0.5) is 0 Å². The molecule has 0 aliphatic carbocycles. The summed E-state index contributed by atoms with van der Waals surface area (Å²) in [5.41, 5.74) is 0.962.